The number of nitrogens with one attached hydrogen (secondary N) is 2. The van der Waals surface area contributed by atoms with E-state index in [0.29, 0.717) is 18.3 Å². The average Bonchev–Trinajstić information content (AvgIpc) is 2.92. The predicted molar refractivity (Wildman–Crippen MR) is 138 cm³/mol. The Bertz CT molecular complexity index is 1280. The van der Waals surface area contributed by atoms with Crippen molar-refractivity contribution < 1.29 is 19.7 Å². The second-order valence-electron chi connectivity index (χ2n) is 8.95. The van der Waals surface area contributed by atoms with Gasteiger partial charge in [0.2, 0.25) is 0 Å². The van der Waals surface area contributed by atoms with Crippen LogP contribution in [0, 0.1) is 11.3 Å². The number of aliphatic hydroxyl groups is 1. The summed E-state index contributed by atoms with van der Waals surface area (Å²) in [5, 5.41) is 38.3. The largest absolute Gasteiger partial charge is 0.507 e. The van der Waals surface area contributed by atoms with Crippen molar-refractivity contribution in [1.82, 2.24) is 10.7 Å². The fourth-order valence-electron chi connectivity index (χ4n) is 4.38. The number of phenols is 1. The van der Waals surface area contributed by atoms with Crippen molar-refractivity contribution in [2.24, 2.45) is 5.10 Å². The fourth-order valence-corrected chi connectivity index (χ4v) is 4.38. The van der Waals surface area contributed by atoms with Gasteiger partial charge in [0, 0.05) is 29.1 Å². The monoisotopic (exact) mass is 486 g/mol. The number of fused-ring (bicyclic) bond motifs is 1. The zero-order chi connectivity index (χ0) is 25.3. The molecule has 0 radical (unpaired) electrons. The zero-order valence-electron chi connectivity index (χ0n) is 20.0. The molecular weight excluding hydrogens is 456 g/mol. The maximum absolute atomic E-state index is 12.4. The third-order valence-electron chi connectivity index (χ3n) is 6.35. The number of rotatable bonds is 9. The summed E-state index contributed by atoms with van der Waals surface area (Å²) in [4.78, 5) is 12.4. The van der Waals surface area contributed by atoms with Crippen LogP contribution < -0.4 is 15.5 Å². The highest BCUT2D eigenvalue weighted by Crippen LogP contribution is 2.28. The lowest BCUT2D eigenvalue weighted by molar-refractivity contribution is 0.0955. The Morgan fingerprint density at radius 1 is 1.14 bits per heavy atom. The van der Waals surface area contributed by atoms with Crippen LogP contribution in [0.3, 0.4) is 0 Å². The molecule has 1 saturated carbocycles. The molecule has 0 saturated heterocycles. The molecule has 3 aromatic carbocycles. The normalized spacial score (nSPS) is 15.0. The van der Waals surface area contributed by atoms with Gasteiger partial charge in [-0.15, -0.1) is 0 Å². The summed E-state index contributed by atoms with van der Waals surface area (Å²) in [6.07, 6.45) is 7.05. The van der Waals surface area contributed by atoms with Crippen LogP contribution in [0.25, 0.3) is 10.8 Å². The van der Waals surface area contributed by atoms with Gasteiger partial charge in [0.25, 0.3) is 5.91 Å². The number of carbonyl (C=O) groups excluding carboxylic acids is 1. The molecular formula is C28H30N4O4. The molecule has 8 nitrogen and oxygen atoms in total. The van der Waals surface area contributed by atoms with Crippen molar-refractivity contribution in [3.63, 3.8) is 0 Å². The highest BCUT2D eigenvalue weighted by molar-refractivity contribution is 6.03. The van der Waals surface area contributed by atoms with Crippen molar-refractivity contribution in [2.45, 2.75) is 44.2 Å². The number of nitriles is 1. The molecule has 4 N–H and O–H groups in total. The van der Waals surface area contributed by atoms with Crippen LogP contribution in [0.4, 0.5) is 0 Å². The molecule has 1 fully saturated rings. The molecule has 1 aliphatic rings. The topological polar surface area (TPSA) is 127 Å². The van der Waals surface area contributed by atoms with Gasteiger partial charge in [-0.3, -0.25) is 4.79 Å². The van der Waals surface area contributed by atoms with E-state index in [1.807, 2.05) is 42.5 Å². The molecule has 0 heterocycles. The van der Waals surface area contributed by atoms with Crippen molar-refractivity contribution in [1.29, 1.82) is 5.26 Å². The minimum atomic E-state index is -0.608. The van der Waals surface area contributed by atoms with Gasteiger partial charge in [0.15, 0.2) is 0 Å². The van der Waals surface area contributed by atoms with E-state index in [0.717, 1.165) is 29.2 Å². The van der Waals surface area contributed by atoms with Gasteiger partial charge in [-0.05, 0) is 48.6 Å². The Balaban J connectivity index is 1.38. The third-order valence-corrected chi connectivity index (χ3v) is 6.35. The number of phenolic OH excluding ortho intramolecular Hbond substituents is 1. The lowest BCUT2D eigenvalue weighted by Crippen LogP contribution is -2.38. The summed E-state index contributed by atoms with van der Waals surface area (Å²) >= 11 is 0. The number of hydrogen-bond acceptors (Lipinski definition) is 7. The lowest BCUT2D eigenvalue weighted by atomic mass is 9.95. The van der Waals surface area contributed by atoms with E-state index >= 15 is 0 Å². The van der Waals surface area contributed by atoms with E-state index in [4.69, 9.17) is 10.00 Å². The van der Waals surface area contributed by atoms with E-state index in [2.05, 4.69) is 15.8 Å². The Morgan fingerprint density at radius 2 is 1.92 bits per heavy atom. The molecule has 1 unspecified atom stereocenters. The van der Waals surface area contributed by atoms with Crippen LogP contribution in [0.5, 0.6) is 11.5 Å². The first-order valence-corrected chi connectivity index (χ1v) is 12.2. The number of ether oxygens (including phenoxy) is 1. The number of amides is 1. The van der Waals surface area contributed by atoms with Crippen molar-refractivity contribution in [3.8, 4) is 17.6 Å². The van der Waals surface area contributed by atoms with Crippen LogP contribution in [0.15, 0.2) is 59.7 Å². The fraction of sp³-hybridized carbons (Fsp3) is 0.321. The number of aromatic hydroxyl groups is 1. The van der Waals surface area contributed by atoms with E-state index < -0.39 is 12.0 Å². The van der Waals surface area contributed by atoms with Crippen molar-refractivity contribution in [2.75, 3.05) is 13.2 Å². The summed E-state index contributed by atoms with van der Waals surface area (Å²) in [5.41, 5.74) is 3.46. The lowest BCUT2D eigenvalue weighted by Gasteiger charge is -2.24. The number of hydrogen-bond donors (Lipinski definition) is 4. The number of hydrazone groups is 1. The smallest absolute Gasteiger partial charge is 0.271 e. The van der Waals surface area contributed by atoms with Gasteiger partial charge in [-0.1, -0.05) is 43.5 Å². The molecule has 8 heteroatoms. The van der Waals surface area contributed by atoms with E-state index in [1.54, 1.807) is 6.21 Å². The Labute approximate surface area is 210 Å². The number of benzene rings is 3. The number of nitrogens with zero attached hydrogens (tertiary/aromatic N) is 2. The van der Waals surface area contributed by atoms with Crippen molar-refractivity contribution >= 4 is 22.9 Å². The van der Waals surface area contributed by atoms with E-state index in [1.165, 1.54) is 37.5 Å². The molecule has 0 spiro atoms. The van der Waals surface area contributed by atoms with E-state index in [9.17, 15) is 15.0 Å². The van der Waals surface area contributed by atoms with Gasteiger partial charge in [0.1, 0.15) is 30.3 Å². The predicted octanol–water partition coefficient (Wildman–Crippen LogP) is 3.84. The number of carbonyl (C=O) groups is 1. The maximum Gasteiger partial charge on any atom is 0.271 e. The first-order valence-electron chi connectivity index (χ1n) is 12.2. The minimum Gasteiger partial charge on any atom is -0.507 e. The van der Waals surface area contributed by atoms with Crippen LogP contribution in [0.1, 0.15) is 53.6 Å². The minimum absolute atomic E-state index is 0.0168. The average molecular weight is 487 g/mol. The molecule has 3 aromatic rings. The molecule has 0 aliphatic heterocycles. The Kier molecular flexibility index (Phi) is 8.50. The van der Waals surface area contributed by atoms with Crippen LogP contribution >= 0.6 is 0 Å². The van der Waals surface area contributed by atoms with Crippen LogP contribution in [0.2, 0.25) is 0 Å². The Hall–Kier alpha value is -3.93. The highest BCUT2D eigenvalue weighted by atomic mass is 16.5. The van der Waals surface area contributed by atoms with Gasteiger partial charge in [-0.25, -0.2) is 5.43 Å². The number of aliphatic hydroxyl groups excluding tert-OH is 1. The van der Waals surface area contributed by atoms with Crippen LogP contribution in [-0.2, 0) is 0 Å². The summed E-state index contributed by atoms with van der Waals surface area (Å²) in [7, 11) is 0. The molecule has 36 heavy (non-hydrogen) atoms. The quantitative estimate of drug-likeness (QED) is 0.269. The summed E-state index contributed by atoms with van der Waals surface area (Å²) in [6, 6.07) is 17.7. The molecule has 0 aromatic heterocycles. The molecule has 0 bridgehead atoms. The maximum atomic E-state index is 12.4. The van der Waals surface area contributed by atoms with Gasteiger partial charge >= 0.3 is 0 Å². The summed E-state index contributed by atoms with van der Waals surface area (Å²) < 4.78 is 5.96. The summed E-state index contributed by atoms with van der Waals surface area (Å²) in [5.74, 6) is -0.0150. The molecule has 1 aliphatic carbocycles. The first kappa shape index (κ1) is 25.2. The standard InChI is InChI=1S/C28H30N4O4/c29-15-21-14-19(10-12-26(21)34)28(35)32-31-16-20-11-13-27(25-9-5-4-8-24(20)25)36-18-23(33)17-30-22-6-2-1-3-7-22/h4-5,8-14,16,22-23,30,33-34H,1-3,6-7,17-18H2,(H,32,35)/b31-16+. The zero-order valence-corrected chi connectivity index (χ0v) is 20.0. The van der Waals surface area contributed by atoms with E-state index in [-0.39, 0.29) is 23.5 Å². The van der Waals surface area contributed by atoms with Gasteiger partial charge in [-0.2, -0.15) is 10.4 Å². The van der Waals surface area contributed by atoms with Gasteiger partial charge in [0.05, 0.1) is 11.8 Å². The molecule has 1 amide bonds. The second-order valence-corrected chi connectivity index (χ2v) is 8.95. The third kappa shape index (κ3) is 6.39. The van der Waals surface area contributed by atoms with Crippen LogP contribution in [-0.4, -0.2) is 47.6 Å². The molecule has 4 rings (SSSR count). The van der Waals surface area contributed by atoms with Gasteiger partial charge < -0.3 is 20.3 Å². The highest BCUT2D eigenvalue weighted by Gasteiger charge is 2.15. The molecule has 1 atom stereocenters. The SMILES string of the molecule is N#Cc1cc(C(=O)N/N=C/c2ccc(OCC(O)CNC3CCCCC3)c3ccccc23)ccc1O. The molecule has 186 valence electrons. The summed E-state index contributed by atoms with van der Waals surface area (Å²) in [6.45, 7) is 0.689. The Morgan fingerprint density at radius 3 is 2.69 bits per heavy atom. The second kappa shape index (κ2) is 12.2. The first-order chi connectivity index (χ1) is 17.5. The van der Waals surface area contributed by atoms with Crippen molar-refractivity contribution in [3.05, 3.63) is 71.3 Å².